The molecule has 0 aliphatic rings. The summed E-state index contributed by atoms with van der Waals surface area (Å²) in [5, 5.41) is 0.687. The maximum Gasteiger partial charge on any atom is 0.148 e. The number of aromatic nitrogens is 2. The molecule has 0 saturated carbocycles. The summed E-state index contributed by atoms with van der Waals surface area (Å²) in [5.41, 5.74) is 3.45. The molecule has 4 aromatic rings. The predicted molar refractivity (Wildman–Crippen MR) is 126 cm³/mol. The number of para-hydroxylation sites is 2. The number of hydrogen-bond acceptors (Lipinski definition) is 3. The van der Waals surface area contributed by atoms with Crippen LogP contribution in [0.5, 0.6) is 11.5 Å². The fourth-order valence-electron chi connectivity index (χ4n) is 3.47. The van der Waals surface area contributed by atoms with E-state index in [0.29, 0.717) is 24.8 Å². The summed E-state index contributed by atoms with van der Waals surface area (Å²) in [6.45, 7) is 8.22. The van der Waals surface area contributed by atoms with Crippen LogP contribution in [0.1, 0.15) is 32.2 Å². The molecular formula is C26H27ClN2O2. The highest BCUT2D eigenvalue weighted by atomic mass is 35.5. The van der Waals surface area contributed by atoms with Gasteiger partial charge in [-0.1, -0.05) is 56.6 Å². The molecule has 5 heteroatoms. The second kappa shape index (κ2) is 9.03. The predicted octanol–water partition coefficient (Wildman–Crippen LogP) is 6.65. The van der Waals surface area contributed by atoms with E-state index in [2.05, 4.69) is 43.5 Å². The summed E-state index contributed by atoms with van der Waals surface area (Å²) in [6.07, 6.45) is 0. The highest BCUT2D eigenvalue weighted by Crippen LogP contribution is 2.24. The van der Waals surface area contributed by atoms with Crippen molar-refractivity contribution in [2.24, 2.45) is 0 Å². The zero-order valence-corrected chi connectivity index (χ0v) is 18.9. The van der Waals surface area contributed by atoms with Crippen molar-refractivity contribution in [3.63, 3.8) is 0 Å². The van der Waals surface area contributed by atoms with Crippen molar-refractivity contribution in [3.05, 3.63) is 89.2 Å². The molecule has 0 bridgehead atoms. The third-order valence-electron chi connectivity index (χ3n) is 5.22. The molecule has 160 valence electrons. The van der Waals surface area contributed by atoms with Gasteiger partial charge in [-0.3, -0.25) is 0 Å². The maximum absolute atomic E-state index is 6.02. The van der Waals surface area contributed by atoms with E-state index >= 15 is 0 Å². The Labute approximate surface area is 188 Å². The molecule has 1 heterocycles. The fourth-order valence-corrected chi connectivity index (χ4v) is 3.60. The van der Waals surface area contributed by atoms with E-state index in [9.17, 15) is 0 Å². The third-order valence-corrected chi connectivity index (χ3v) is 5.47. The van der Waals surface area contributed by atoms with E-state index in [4.69, 9.17) is 26.1 Å². The number of nitrogens with zero attached hydrogens (tertiary/aromatic N) is 2. The van der Waals surface area contributed by atoms with Crippen molar-refractivity contribution < 1.29 is 9.47 Å². The number of halogens is 1. The molecule has 0 aliphatic carbocycles. The normalized spacial score (nSPS) is 11.6. The van der Waals surface area contributed by atoms with Crippen LogP contribution in [0, 0.1) is 0 Å². The molecule has 4 rings (SSSR count). The van der Waals surface area contributed by atoms with Gasteiger partial charge in [-0.15, -0.1) is 0 Å². The Morgan fingerprint density at radius 1 is 0.839 bits per heavy atom. The van der Waals surface area contributed by atoms with Crippen LogP contribution in [0.2, 0.25) is 5.02 Å². The lowest BCUT2D eigenvalue weighted by molar-refractivity contribution is 0.272. The van der Waals surface area contributed by atoms with Gasteiger partial charge in [0.2, 0.25) is 0 Å². The Morgan fingerprint density at radius 2 is 1.48 bits per heavy atom. The van der Waals surface area contributed by atoms with Crippen LogP contribution in [0.15, 0.2) is 72.8 Å². The minimum Gasteiger partial charge on any atom is -0.492 e. The summed E-state index contributed by atoms with van der Waals surface area (Å²) in [5.74, 6) is 2.50. The van der Waals surface area contributed by atoms with Crippen LogP contribution in [0.4, 0.5) is 0 Å². The topological polar surface area (TPSA) is 36.3 Å². The molecule has 0 fully saturated rings. The van der Waals surface area contributed by atoms with Crippen molar-refractivity contribution in [2.75, 3.05) is 6.61 Å². The van der Waals surface area contributed by atoms with Gasteiger partial charge in [0.05, 0.1) is 17.6 Å². The molecule has 0 aliphatic heterocycles. The number of benzene rings is 3. The summed E-state index contributed by atoms with van der Waals surface area (Å²) in [6, 6.07) is 23.8. The molecule has 1 aromatic heterocycles. The highest BCUT2D eigenvalue weighted by Gasteiger charge is 2.14. The molecule has 4 nitrogen and oxygen atoms in total. The summed E-state index contributed by atoms with van der Waals surface area (Å²) in [4.78, 5) is 4.77. The van der Waals surface area contributed by atoms with E-state index in [1.165, 1.54) is 5.56 Å². The second-order valence-electron chi connectivity index (χ2n) is 8.53. The number of fused-ring (bicyclic) bond motifs is 1. The first-order chi connectivity index (χ1) is 14.9. The number of hydrogen-bond donors (Lipinski definition) is 0. The third kappa shape index (κ3) is 5.20. The molecular weight excluding hydrogens is 408 g/mol. The monoisotopic (exact) mass is 434 g/mol. The minimum atomic E-state index is 0.132. The van der Waals surface area contributed by atoms with Crippen LogP contribution in [-0.4, -0.2) is 16.2 Å². The van der Waals surface area contributed by atoms with Gasteiger partial charge in [0.25, 0.3) is 0 Å². The molecule has 0 saturated heterocycles. The molecule has 0 N–H and O–H groups in total. The lowest BCUT2D eigenvalue weighted by atomic mass is 9.87. The lowest BCUT2D eigenvalue weighted by Crippen LogP contribution is -2.13. The molecule has 0 radical (unpaired) electrons. The van der Waals surface area contributed by atoms with Gasteiger partial charge in [0, 0.05) is 5.02 Å². The summed E-state index contributed by atoms with van der Waals surface area (Å²) >= 11 is 5.96. The Kier molecular flexibility index (Phi) is 6.19. The molecule has 31 heavy (non-hydrogen) atoms. The van der Waals surface area contributed by atoms with Crippen LogP contribution >= 0.6 is 11.6 Å². The van der Waals surface area contributed by atoms with Gasteiger partial charge in [0.1, 0.15) is 30.5 Å². The Balaban J connectivity index is 1.46. The van der Waals surface area contributed by atoms with Crippen LogP contribution in [0.25, 0.3) is 11.0 Å². The Hall–Kier alpha value is -2.98. The van der Waals surface area contributed by atoms with Gasteiger partial charge in [0.15, 0.2) is 0 Å². The average molecular weight is 435 g/mol. The average Bonchev–Trinajstić information content (AvgIpc) is 3.11. The van der Waals surface area contributed by atoms with E-state index in [-0.39, 0.29) is 5.41 Å². The Morgan fingerprint density at radius 3 is 2.19 bits per heavy atom. The minimum absolute atomic E-state index is 0.132. The quantitative estimate of drug-likeness (QED) is 0.327. The first-order valence-corrected chi connectivity index (χ1v) is 10.8. The Bertz CT molecular complexity index is 1140. The lowest BCUT2D eigenvalue weighted by Gasteiger charge is -2.19. The smallest absolute Gasteiger partial charge is 0.148 e. The zero-order chi connectivity index (χ0) is 21.8. The molecule has 0 unspecified atom stereocenters. The van der Waals surface area contributed by atoms with Crippen molar-refractivity contribution in [1.82, 2.24) is 9.55 Å². The van der Waals surface area contributed by atoms with E-state index in [0.717, 1.165) is 28.4 Å². The number of rotatable bonds is 7. The van der Waals surface area contributed by atoms with Crippen molar-refractivity contribution in [2.45, 2.75) is 39.3 Å². The first kappa shape index (κ1) is 21.3. The van der Waals surface area contributed by atoms with Gasteiger partial charge < -0.3 is 14.0 Å². The number of ether oxygens (including phenoxy) is 2. The van der Waals surface area contributed by atoms with Crippen LogP contribution in [-0.2, 0) is 18.6 Å². The summed E-state index contributed by atoms with van der Waals surface area (Å²) < 4.78 is 14.1. The molecule has 3 aromatic carbocycles. The molecule has 0 atom stereocenters. The van der Waals surface area contributed by atoms with Gasteiger partial charge >= 0.3 is 0 Å². The summed E-state index contributed by atoms with van der Waals surface area (Å²) in [7, 11) is 0. The van der Waals surface area contributed by atoms with Crippen LogP contribution in [0.3, 0.4) is 0 Å². The van der Waals surface area contributed by atoms with E-state index in [1.54, 1.807) is 0 Å². The van der Waals surface area contributed by atoms with Gasteiger partial charge in [-0.05, 0) is 59.5 Å². The van der Waals surface area contributed by atoms with Crippen molar-refractivity contribution in [3.8, 4) is 11.5 Å². The van der Waals surface area contributed by atoms with Gasteiger partial charge in [-0.25, -0.2) is 4.98 Å². The molecule has 0 amide bonds. The largest absolute Gasteiger partial charge is 0.492 e. The van der Waals surface area contributed by atoms with E-state index in [1.807, 2.05) is 54.6 Å². The van der Waals surface area contributed by atoms with Crippen molar-refractivity contribution >= 4 is 22.6 Å². The second-order valence-corrected chi connectivity index (χ2v) is 8.97. The zero-order valence-electron chi connectivity index (χ0n) is 18.1. The van der Waals surface area contributed by atoms with Crippen LogP contribution < -0.4 is 9.47 Å². The number of imidazole rings is 1. The first-order valence-electron chi connectivity index (χ1n) is 10.5. The molecule has 0 spiro atoms. The van der Waals surface area contributed by atoms with E-state index < -0.39 is 0 Å². The fraction of sp³-hybridized carbons (Fsp3) is 0.269. The standard InChI is InChI=1S/C26H27ClN2O2/c1-26(2,3)19-8-12-21(13-9-19)30-17-16-29-24-7-5-4-6-23(24)28-25(29)18-31-22-14-10-20(27)11-15-22/h4-15H,16-18H2,1-3H3. The highest BCUT2D eigenvalue weighted by molar-refractivity contribution is 6.30. The maximum atomic E-state index is 6.02. The van der Waals surface area contributed by atoms with Gasteiger partial charge in [-0.2, -0.15) is 0 Å². The SMILES string of the molecule is CC(C)(C)c1ccc(OCCn2c(COc3ccc(Cl)cc3)nc3ccccc32)cc1. The van der Waals surface area contributed by atoms with Crippen molar-refractivity contribution in [1.29, 1.82) is 0 Å².